The molecule has 0 aromatic carbocycles. The molecule has 0 N–H and O–H groups in total. The van der Waals surface area contributed by atoms with E-state index in [2.05, 4.69) is 11.9 Å². The highest BCUT2D eigenvalue weighted by molar-refractivity contribution is 5.80. The Labute approximate surface area is 116 Å². The summed E-state index contributed by atoms with van der Waals surface area (Å²) in [6, 6.07) is 0. The van der Waals surface area contributed by atoms with Crippen LogP contribution in [0.15, 0.2) is 6.20 Å². The standard InChI is InChI=1S/C16H25NO2/c1-5-6-7-8-9-14(18)10-15-13(3)16(19-4)12(2)11-17-15/h11H,5-10H2,1-4H3. The Bertz CT molecular complexity index is 427. The molecule has 1 aromatic heterocycles. The number of methoxy groups -OCH3 is 1. The Kier molecular flexibility index (Phi) is 6.54. The summed E-state index contributed by atoms with van der Waals surface area (Å²) in [6.07, 6.45) is 7.42. The maximum absolute atomic E-state index is 11.9. The van der Waals surface area contributed by atoms with Crippen molar-refractivity contribution in [1.82, 2.24) is 4.98 Å². The fraction of sp³-hybridized carbons (Fsp3) is 0.625. The van der Waals surface area contributed by atoms with Gasteiger partial charge >= 0.3 is 0 Å². The highest BCUT2D eigenvalue weighted by Crippen LogP contribution is 2.24. The Morgan fingerprint density at radius 3 is 2.63 bits per heavy atom. The maximum atomic E-state index is 11.9. The molecule has 3 heteroatoms. The summed E-state index contributed by atoms with van der Waals surface area (Å²) in [5, 5.41) is 0. The average molecular weight is 263 g/mol. The van der Waals surface area contributed by atoms with E-state index in [9.17, 15) is 4.79 Å². The average Bonchev–Trinajstić information content (AvgIpc) is 2.39. The highest BCUT2D eigenvalue weighted by Gasteiger charge is 2.12. The molecule has 0 saturated heterocycles. The van der Waals surface area contributed by atoms with Gasteiger partial charge in [-0.2, -0.15) is 0 Å². The van der Waals surface area contributed by atoms with E-state index < -0.39 is 0 Å². The van der Waals surface area contributed by atoms with Crippen molar-refractivity contribution in [3.63, 3.8) is 0 Å². The number of hydrogen-bond donors (Lipinski definition) is 0. The second-order valence-electron chi connectivity index (χ2n) is 5.07. The second kappa shape index (κ2) is 7.93. The maximum Gasteiger partial charge on any atom is 0.138 e. The molecule has 106 valence electrons. The van der Waals surface area contributed by atoms with Crippen molar-refractivity contribution in [3.8, 4) is 5.75 Å². The first-order valence-corrected chi connectivity index (χ1v) is 7.10. The van der Waals surface area contributed by atoms with Crippen molar-refractivity contribution < 1.29 is 9.53 Å². The normalized spacial score (nSPS) is 10.5. The van der Waals surface area contributed by atoms with E-state index in [1.807, 2.05) is 13.8 Å². The Balaban J connectivity index is 2.59. The number of rotatable bonds is 8. The first-order valence-electron chi connectivity index (χ1n) is 7.10. The van der Waals surface area contributed by atoms with Crippen LogP contribution < -0.4 is 4.74 Å². The SMILES string of the molecule is CCCCCCC(=O)Cc1ncc(C)c(OC)c1C. The molecule has 0 atom stereocenters. The van der Waals surface area contributed by atoms with Crippen LogP contribution in [0.25, 0.3) is 0 Å². The van der Waals surface area contributed by atoms with Crippen LogP contribution in [0, 0.1) is 13.8 Å². The number of aromatic nitrogens is 1. The molecule has 0 radical (unpaired) electrons. The Hall–Kier alpha value is -1.38. The van der Waals surface area contributed by atoms with Crippen molar-refractivity contribution >= 4 is 5.78 Å². The summed E-state index contributed by atoms with van der Waals surface area (Å²) in [6.45, 7) is 6.11. The highest BCUT2D eigenvalue weighted by atomic mass is 16.5. The summed E-state index contributed by atoms with van der Waals surface area (Å²) in [5.41, 5.74) is 2.85. The van der Waals surface area contributed by atoms with Gasteiger partial charge in [0.05, 0.1) is 12.8 Å². The molecule has 1 heterocycles. The number of ketones is 1. The lowest BCUT2D eigenvalue weighted by atomic mass is 10.0. The smallest absolute Gasteiger partial charge is 0.138 e. The van der Waals surface area contributed by atoms with E-state index in [1.165, 1.54) is 12.8 Å². The van der Waals surface area contributed by atoms with Crippen LogP contribution >= 0.6 is 0 Å². The minimum absolute atomic E-state index is 0.276. The molecule has 0 bridgehead atoms. The van der Waals surface area contributed by atoms with Crippen molar-refractivity contribution in [3.05, 3.63) is 23.0 Å². The van der Waals surface area contributed by atoms with Crippen molar-refractivity contribution in [2.75, 3.05) is 7.11 Å². The number of unbranched alkanes of at least 4 members (excludes halogenated alkanes) is 3. The van der Waals surface area contributed by atoms with Crippen LogP contribution in [0.5, 0.6) is 5.75 Å². The third kappa shape index (κ3) is 4.66. The fourth-order valence-electron chi connectivity index (χ4n) is 2.27. The number of nitrogens with zero attached hydrogens (tertiary/aromatic N) is 1. The molecule has 0 saturated carbocycles. The van der Waals surface area contributed by atoms with Crippen molar-refractivity contribution in [2.45, 2.75) is 59.3 Å². The van der Waals surface area contributed by atoms with Gasteiger partial charge in [-0.15, -0.1) is 0 Å². The summed E-state index contributed by atoms with van der Waals surface area (Å²) < 4.78 is 5.36. The van der Waals surface area contributed by atoms with E-state index >= 15 is 0 Å². The summed E-state index contributed by atoms with van der Waals surface area (Å²) in [5.74, 6) is 1.13. The summed E-state index contributed by atoms with van der Waals surface area (Å²) >= 11 is 0. The molecule has 0 aliphatic rings. The first kappa shape index (κ1) is 15.7. The van der Waals surface area contributed by atoms with Gasteiger partial charge in [-0.05, 0) is 20.3 Å². The van der Waals surface area contributed by atoms with E-state index in [1.54, 1.807) is 13.3 Å². The van der Waals surface area contributed by atoms with Crippen LogP contribution in [0.4, 0.5) is 0 Å². The number of carbonyl (C=O) groups is 1. The zero-order chi connectivity index (χ0) is 14.3. The van der Waals surface area contributed by atoms with E-state index in [0.717, 1.165) is 35.4 Å². The van der Waals surface area contributed by atoms with Gasteiger partial charge in [-0.25, -0.2) is 0 Å². The largest absolute Gasteiger partial charge is 0.496 e. The van der Waals surface area contributed by atoms with Gasteiger partial charge in [-0.1, -0.05) is 26.2 Å². The van der Waals surface area contributed by atoms with Gasteiger partial charge in [-0.3, -0.25) is 9.78 Å². The van der Waals surface area contributed by atoms with Crippen LogP contribution in [0.2, 0.25) is 0 Å². The molecule has 0 aliphatic heterocycles. The molecule has 0 unspecified atom stereocenters. The third-order valence-electron chi connectivity index (χ3n) is 3.42. The summed E-state index contributed by atoms with van der Waals surface area (Å²) in [7, 11) is 1.66. The lowest BCUT2D eigenvalue weighted by molar-refractivity contribution is -0.118. The van der Waals surface area contributed by atoms with E-state index in [0.29, 0.717) is 12.8 Å². The first-order chi connectivity index (χ1) is 9.10. The van der Waals surface area contributed by atoms with Gasteiger partial charge in [0, 0.05) is 30.2 Å². The summed E-state index contributed by atoms with van der Waals surface area (Å²) in [4.78, 5) is 16.3. The predicted molar refractivity (Wildman–Crippen MR) is 77.7 cm³/mol. The van der Waals surface area contributed by atoms with Gasteiger partial charge < -0.3 is 4.74 Å². The Morgan fingerprint density at radius 2 is 2.00 bits per heavy atom. The number of Topliss-reactive ketones (excluding diaryl/α,β-unsaturated/α-hetero) is 1. The number of hydrogen-bond acceptors (Lipinski definition) is 3. The minimum atomic E-state index is 0.276. The number of pyridine rings is 1. The van der Waals surface area contributed by atoms with Gasteiger partial charge in [0.15, 0.2) is 0 Å². The predicted octanol–water partition coefficient (Wildman–Crippen LogP) is 3.79. The fourth-order valence-corrected chi connectivity index (χ4v) is 2.27. The van der Waals surface area contributed by atoms with Gasteiger partial charge in [0.1, 0.15) is 11.5 Å². The van der Waals surface area contributed by atoms with Crippen LogP contribution in [0.1, 0.15) is 55.8 Å². The monoisotopic (exact) mass is 263 g/mol. The molecular weight excluding hydrogens is 238 g/mol. The third-order valence-corrected chi connectivity index (χ3v) is 3.42. The molecule has 0 aliphatic carbocycles. The van der Waals surface area contributed by atoms with Gasteiger partial charge in [0.2, 0.25) is 0 Å². The topological polar surface area (TPSA) is 39.2 Å². The van der Waals surface area contributed by atoms with Crippen molar-refractivity contribution in [1.29, 1.82) is 0 Å². The Morgan fingerprint density at radius 1 is 1.26 bits per heavy atom. The molecular formula is C16H25NO2. The van der Waals surface area contributed by atoms with Crippen LogP contribution in [-0.4, -0.2) is 17.9 Å². The van der Waals surface area contributed by atoms with E-state index in [-0.39, 0.29) is 5.78 Å². The molecule has 3 nitrogen and oxygen atoms in total. The molecule has 1 rings (SSSR count). The van der Waals surface area contributed by atoms with Gasteiger partial charge in [0.25, 0.3) is 0 Å². The quantitative estimate of drug-likeness (QED) is 0.670. The molecule has 19 heavy (non-hydrogen) atoms. The second-order valence-corrected chi connectivity index (χ2v) is 5.07. The zero-order valence-electron chi connectivity index (χ0n) is 12.6. The number of carbonyl (C=O) groups excluding carboxylic acids is 1. The van der Waals surface area contributed by atoms with Crippen LogP contribution in [0.3, 0.4) is 0 Å². The van der Waals surface area contributed by atoms with E-state index in [4.69, 9.17) is 4.74 Å². The number of ether oxygens (including phenoxy) is 1. The zero-order valence-corrected chi connectivity index (χ0v) is 12.6. The molecule has 0 amide bonds. The molecule has 1 aromatic rings. The van der Waals surface area contributed by atoms with Crippen molar-refractivity contribution in [2.24, 2.45) is 0 Å². The minimum Gasteiger partial charge on any atom is -0.496 e. The molecule has 0 fully saturated rings. The van der Waals surface area contributed by atoms with Crippen LogP contribution in [-0.2, 0) is 11.2 Å². The molecule has 0 spiro atoms. The number of aryl methyl sites for hydroxylation is 1. The lowest BCUT2D eigenvalue weighted by Crippen LogP contribution is -2.07. The lowest BCUT2D eigenvalue weighted by Gasteiger charge is -2.11.